The normalized spacial score (nSPS) is 11.1. The van der Waals surface area contributed by atoms with Gasteiger partial charge in [0.1, 0.15) is 5.60 Å². The zero-order valence-corrected chi connectivity index (χ0v) is 10.9. The first-order chi connectivity index (χ1) is 7.90. The summed E-state index contributed by atoms with van der Waals surface area (Å²) in [6, 6.07) is 2.03. The number of pyridine rings is 1. The van der Waals surface area contributed by atoms with Gasteiger partial charge in [0.25, 0.3) is 0 Å². The molecule has 1 N–H and O–H groups in total. The number of rotatable bonds is 3. The maximum absolute atomic E-state index is 11.4. The van der Waals surface area contributed by atoms with Crippen LogP contribution in [-0.4, -0.2) is 16.7 Å². The van der Waals surface area contributed by atoms with Crippen LogP contribution in [0.5, 0.6) is 0 Å². The molecule has 0 radical (unpaired) electrons. The van der Waals surface area contributed by atoms with Crippen molar-refractivity contribution in [3.63, 3.8) is 0 Å². The lowest BCUT2D eigenvalue weighted by atomic mass is 10.2. The van der Waals surface area contributed by atoms with E-state index in [1.54, 1.807) is 6.20 Å². The van der Waals surface area contributed by atoms with Crippen LogP contribution in [0.1, 0.15) is 38.8 Å². The molecule has 0 spiro atoms. The Kier molecular flexibility index (Phi) is 4.49. The van der Waals surface area contributed by atoms with Crippen molar-refractivity contribution in [2.24, 2.45) is 0 Å². The van der Waals surface area contributed by atoms with Crippen molar-refractivity contribution in [3.8, 4) is 0 Å². The van der Waals surface area contributed by atoms with Crippen LogP contribution < -0.4 is 5.32 Å². The van der Waals surface area contributed by atoms with E-state index in [-0.39, 0.29) is 0 Å². The van der Waals surface area contributed by atoms with Crippen molar-refractivity contribution in [2.45, 2.75) is 46.3 Å². The number of aromatic nitrogens is 1. The molecule has 94 valence electrons. The zero-order chi connectivity index (χ0) is 12.9. The number of amides is 1. The maximum atomic E-state index is 11.4. The summed E-state index contributed by atoms with van der Waals surface area (Å²) in [6.07, 6.45) is 4.11. The molecule has 4 nitrogen and oxygen atoms in total. The molecule has 4 heteroatoms. The van der Waals surface area contributed by atoms with E-state index >= 15 is 0 Å². The van der Waals surface area contributed by atoms with Crippen LogP contribution in [0.2, 0.25) is 0 Å². The van der Waals surface area contributed by atoms with Crippen molar-refractivity contribution in [3.05, 3.63) is 29.6 Å². The molecule has 0 aromatic carbocycles. The van der Waals surface area contributed by atoms with Crippen LogP contribution in [-0.2, 0) is 17.7 Å². The summed E-state index contributed by atoms with van der Waals surface area (Å²) in [5.74, 6) is 0. The highest BCUT2D eigenvalue weighted by atomic mass is 16.6. The minimum Gasteiger partial charge on any atom is -0.444 e. The number of nitrogens with one attached hydrogen (secondary N) is 1. The number of alkyl carbamates (subject to hydrolysis) is 1. The molecule has 1 aromatic heterocycles. The molecule has 1 aromatic rings. The van der Waals surface area contributed by atoms with E-state index in [0.717, 1.165) is 17.5 Å². The van der Waals surface area contributed by atoms with Crippen molar-refractivity contribution in [2.75, 3.05) is 0 Å². The van der Waals surface area contributed by atoms with Gasteiger partial charge in [-0.3, -0.25) is 4.98 Å². The number of ether oxygens (including phenoxy) is 1. The summed E-state index contributed by atoms with van der Waals surface area (Å²) in [5.41, 5.74) is 1.68. The zero-order valence-electron chi connectivity index (χ0n) is 10.9. The van der Waals surface area contributed by atoms with Gasteiger partial charge in [0.05, 0.1) is 0 Å². The molecular weight excluding hydrogens is 216 g/mol. The van der Waals surface area contributed by atoms with Crippen LogP contribution in [0, 0.1) is 0 Å². The smallest absolute Gasteiger partial charge is 0.407 e. The Balaban J connectivity index is 2.47. The fourth-order valence-electron chi connectivity index (χ4n) is 1.32. The van der Waals surface area contributed by atoms with E-state index in [1.165, 1.54) is 0 Å². The lowest BCUT2D eigenvalue weighted by molar-refractivity contribution is 0.0523. The first kappa shape index (κ1) is 13.5. The van der Waals surface area contributed by atoms with E-state index in [0.29, 0.717) is 6.54 Å². The molecule has 0 fully saturated rings. The van der Waals surface area contributed by atoms with Crippen LogP contribution >= 0.6 is 0 Å². The van der Waals surface area contributed by atoms with E-state index in [2.05, 4.69) is 17.2 Å². The molecule has 0 saturated heterocycles. The Morgan fingerprint density at radius 1 is 1.35 bits per heavy atom. The van der Waals surface area contributed by atoms with Crippen LogP contribution in [0.25, 0.3) is 0 Å². The largest absolute Gasteiger partial charge is 0.444 e. The van der Waals surface area contributed by atoms with E-state index in [9.17, 15) is 4.79 Å². The van der Waals surface area contributed by atoms with Gasteiger partial charge < -0.3 is 10.1 Å². The number of hydrogen-bond acceptors (Lipinski definition) is 3. The quantitative estimate of drug-likeness (QED) is 0.877. The Labute approximate surface area is 102 Å². The Bertz CT molecular complexity index is 383. The predicted molar refractivity (Wildman–Crippen MR) is 66.7 cm³/mol. The average Bonchev–Trinajstić information content (AvgIpc) is 2.24. The second-order valence-corrected chi connectivity index (χ2v) is 4.91. The average molecular weight is 236 g/mol. The molecule has 0 atom stereocenters. The summed E-state index contributed by atoms with van der Waals surface area (Å²) in [6.45, 7) is 8.03. The van der Waals surface area contributed by atoms with Gasteiger partial charge in [-0.05, 0) is 38.3 Å². The minimum absolute atomic E-state index is 0.403. The number of aryl methyl sites for hydroxylation is 1. The highest BCUT2D eigenvalue weighted by Crippen LogP contribution is 2.07. The highest BCUT2D eigenvalue weighted by Gasteiger charge is 2.15. The SMILES string of the molecule is CCc1cncc(CNC(=O)OC(C)(C)C)c1. The molecular formula is C13H20N2O2. The molecule has 1 rings (SSSR count). The van der Waals surface area contributed by atoms with Crippen molar-refractivity contribution in [1.29, 1.82) is 0 Å². The van der Waals surface area contributed by atoms with Gasteiger partial charge in [-0.25, -0.2) is 4.79 Å². The molecule has 0 aliphatic rings. The Morgan fingerprint density at radius 3 is 2.59 bits per heavy atom. The summed E-state index contributed by atoms with van der Waals surface area (Å²) in [7, 11) is 0. The van der Waals surface area contributed by atoms with Crippen LogP contribution in [0.15, 0.2) is 18.5 Å². The lowest BCUT2D eigenvalue weighted by Crippen LogP contribution is -2.32. The van der Waals surface area contributed by atoms with Gasteiger partial charge in [0.15, 0.2) is 0 Å². The second-order valence-electron chi connectivity index (χ2n) is 4.91. The van der Waals surface area contributed by atoms with Gasteiger partial charge in [0.2, 0.25) is 0 Å². The van der Waals surface area contributed by atoms with Crippen molar-refractivity contribution in [1.82, 2.24) is 10.3 Å². The van der Waals surface area contributed by atoms with Gasteiger partial charge in [-0.15, -0.1) is 0 Å². The fourth-order valence-corrected chi connectivity index (χ4v) is 1.32. The van der Waals surface area contributed by atoms with E-state index < -0.39 is 11.7 Å². The third kappa shape index (κ3) is 5.33. The topological polar surface area (TPSA) is 51.2 Å². The second kappa shape index (κ2) is 5.66. The van der Waals surface area contributed by atoms with E-state index in [4.69, 9.17) is 4.74 Å². The number of hydrogen-bond donors (Lipinski definition) is 1. The number of nitrogens with zero attached hydrogens (tertiary/aromatic N) is 1. The van der Waals surface area contributed by atoms with Crippen molar-refractivity contribution >= 4 is 6.09 Å². The molecule has 0 bridgehead atoms. The Morgan fingerprint density at radius 2 is 2.00 bits per heavy atom. The van der Waals surface area contributed by atoms with E-state index in [1.807, 2.05) is 33.0 Å². The summed E-state index contributed by atoms with van der Waals surface area (Å²) >= 11 is 0. The van der Waals surface area contributed by atoms with Crippen LogP contribution in [0.4, 0.5) is 4.79 Å². The molecule has 1 amide bonds. The molecule has 0 aliphatic heterocycles. The lowest BCUT2D eigenvalue weighted by Gasteiger charge is -2.19. The molecule has 1 heterocycles. The maximum Gasteiger partial charge on any atom is 0.407 e. The fraction of sp³-hybridized carbons (Fsp3) is 0.538. The summed E-state index contributed by atoms with van der Waals surface area (Å²) in [5, 5.41) is 2.71. The predicted octanol–water partition coefficient (Wildman–Crippen LogP) is 2.67. The van der Waals surface area contributed by atoms with Crippen LogP contribution in [0.3, 0.4) is 0 Å². The third-order valence-corrected chi connectivity index (χ3v) is 2.10. The Hall–Kier alpha value is -1.58. The summed E-state index contributed by atoms with van der Waals surface area (Å²) in [4.78, 5) is 15.5. The highest BCUT2D eigenvalue weighted by molar-refractivity contribution is 5.67. The first-order valence-corrected chi connectivity index (χ1v) is 5.80. The van der Waals surface area contributed by atoms with Gasteiger partial charge in [-0.2, -0.15) is 0 Å². The first-order valence-electron chi connectivity index (χ1n) is 5.80. The van der Waals surface area contributed by atoms with Gasteiger partial charge in [-0.1, -0.05) is 13.0 Å². The molecule has 0 aliphatic carbocycles. The molecule has 17 heavy (non-hydrogen) atoms. The monoisotopic (exact) mass is 236 g/mol. The summed E-state index contributed by atoms with van der Waals surface area (Å²) < 4.78 is 5.15. The minimum atomic E-state index is -0.465. The van der Waals surface area contributed by atoms with Gasteiger partial charge >= 0.3 is 6.09 Å². The number of carbonyl (C=O) groups excluding carboxylic acids is 1. The molecule has 0 unspecified atom stereocenters. The third-order valence-electron chi connectivity index (χ3n) is 2.10. The van der Waals surface area contributed by atoms with Gasteiger partial charge in [0, 0.05) is 18.9 Å². The van der Waals surface area contributed by atoms with Crippen molar-refractivity contribution < 1.29 is 9.53 Å². The standard InChI is InChI=1S/C13H20N2O2/c1-5-10-6-11(8-14-7-10)9-15-12(16)17-13(2,3)4/h6-8H,5,9H2,1-4H3,(H,15,16). The number of carbonyl (C=O) groups is 1. The molecule has 0 saturated carbocycles.